The second-order valence-electron chi connectivity index (χ2n) is 4.79. The summed E-state index contributed by atoms with van der Waals surface area (Å²) >= 11 is 1.36. The van der Waals surface area contributed by atoms with Crippen molar-refractivity contribution in [3.8, 4) is 0 Å². The zero-order valence-electron chi connectivity index (χ0n) is 11.1. The number of likely N-dealkylation sites (tertiary alicyclic amines) is 1. The predicted molar refractivity (Wildman–Crippen MR) is 76.3 cm³/mol. The van der Waals surface area contributed by atoms with Crippen LogP contribution in [0.1, 0.15) is 40.1 Å². The van der Waals surface area contributed by atoms with Gasteiger partial charge in [0, 0.05) is 12.6 Å². The van der Waals surface area contributed by atoms with Gasteiger partial charge in [0.25, 0.3) is 5.91 Å². The highest BCUT2D eigenvalue weighted by Gasteiger charge is 2.32. The zero-order chi connectivity index (χ0) is 14.1. The van der Waals surface area contributed by atoms with Gasteiger partial charge in [-0.05, 0) is 19.8 Å². The van der Waals surface area contributed by atoms with Gasteiger partial charge in [-0.3, -0.25) is 9.78 Å². The van der Waals surface area contributed by atoms with Crippen LogP contribution in [0.15, 0.2) is 17.8 Å². The quantitative estimate of drug-likeness (QED) is 0.911. The molecule has 104 valence electrons. The number of thiazole rings is 1. The molecular formula is C13H15N5OS. The number of amides is 1. The molecule has 20 heavy (non-hydrogen) atoms. The third-order valence-electron chi connectivity index (χ3n) is 3.38. The van der Waals surface area contributed by atoms with E-state index >= 15 is 0 Å². The van der Waals surface area contributed by atoms with Crippen LogP contribution < -0.4 is 5.73 Å². The van der Waals surface area contributed by atoms with E-state index in [1.54, 1.807) is 17.8 Å². The Hall–Kier alpha value is -2.02. The number of hydrogen-bond acceptors (Lipinski definition) is 6. The Morgan fingerprint density at radius 2 is 2.35 bits per heavy atom. The molecule has 0 aromatic carbocycles. The highest BCUT2D eigenvalue weighted by Crippen LogP contribution is 2.33. The van der Waals surface area contributed by atoms with E-state index in [4.69, 9.17) is 5.73 Å². The van der Waals surface area contributed by atoms with E-state index in [-0.39, 0.29) is 11.9 Å². The Kier molecular flexibility index (Phi) is 3.35. The Bertz CT molecular complexity index is 607. The summed E-state index contributed by atoms with van der Waals surface area (Å²) in [6.07, 6.45) is 3.49. The van der Waals surface area contributed by atoms with Crippen molar-refractivity contribution in [2.24, 2.45) is 0 Å². The summed E-state index contributed by atoms with van der Waals surface area (Å²) in [4.78, 5) is 27.5. The molecule has 0 unspecified atom stereocenters. The van der Waals surface area contributed by atoms with Crippen molar-refractivity contribution in [2.75, 3.05) is 12.3 Å². The molecular weight excluding hydrogens is 274 g/mol. The number of carbonyl (C=O) groups excluding carboxylic acids is 1. The van der Waals surface area contributed by atoms with Crippen LogP contribution in [-0.4, -0.2) is 32.3 Å². The first-order valence-electron chi connectivity index (χ1n) is 6.45. The van der Waals surface area contributed by atoms with Gasteiger partial charge in [-0.15, -0.1) is 11.3 Å². The molecule has 1 fully saturated rings. The number of carbonyl (C=O) groups is 1. The van der Waals surface area contributed by atoms with Gasteiger partial charge in [-0.2, -0.15) is 0 Å². The molecule has 1 aliphatic rings. The Morgan fingerprint density at radius 1 is 1.50 bits per heavy atom. The second-order valence-corrected chi connectivity index (χ2v) is 5.67. The lowest BCUT2D eigenvalue weighted by atomic mass is 10.1. The monoisotopic (exact) mass is 289 g/mol. The van der Waals surface area contributed by atoms with Crippen molar-refractivity contribution in [3.05, 3.63) is 34.2 Å². The average Bonchev–Trinajstić information content (AvgIpc) is 3.08. The van der Waals surface area contributed by atoms with Crippen LogP contribution in [0, 0.1) is 6.92 Å². The molecule has 1 saturated heterocycles. The SMILES string of the molecule is Cc1nc(N)cc([C@H]2CCCN2C(=O)c2cncs2)n1. The molecule has 0 radical (unpaired) electrons. The third-order valence-corrected chi connectivity index (χ3v) is 4.14. The maximum absolute atomic E-state index is 12.5. The molecule has 1 atom stereocenters. The van der Waals surface area contributed by atoms with E-state index in [0.717, 1.165) is 25.1 Å². The van der Waals surface area contributed by atoms with Crippen LogP contribution in [0.4, 0.5) is 5.82 Å². The van der Waals surface area contributed by atoms with Gasteiger partial charge in [-0.25, -0.2) is 9.97 Å². The topological polar surface area (TPSA) is 85.0 Å². The van der Waals surface area contributed by atoms with Crippen molar-refractivity contribution in [2.45, 2.75) is 25.8 Å². The number of rotatable bonds is 2. The number of nitrogen functional groups attached to an aromatic ring is 1. The lowest BCUT2D eigenvalue weighted by molar-refractivity contribution is 0.0737. The van der Waals surface area contributed by atoms with Gasteiger partial charge in [0.05, 0.1) is 23.4 Å². The van der Waals surface area contributed by atoms with Crippen LogP contribution in [-0.2, 0) is 0 Å². The number of aryl methyl sites for hydroxylation is 1. The summed E-state index contributed by atoms with van der Waals surface area (Å²) in [6, 6.07) is 1.74. The maximum Gasteiger partial charge on any atom is 0.266 e. The number of nitrogens with two attached hydrogens (primary N) is 1. The van der Waals surface area contributed by atoms with E-state index in [9.17, 15) is 4.79 Å². The van der Waals surface area contributed by atoms with Crippen LogP contribution in [0.25, 0.3) is 0 Å². The Balaban J connectivity index is 1.90. The van der Waals surface area contributed by atoms with Crippen LogP contribution in [0.3, 0.4) is 0 Å². The number of hydrogen-bond donors (Lipinski definition) is 1. The molecule has 0 saturated carbocycles. The average molecular weight is 289 g/mol. The lowest BCUT2D eigenvalue weighted by Gasteiger charge is -2.23. The summed E-state index contributed by atoms with van der Waals surface area (Å²) < 4.78 is 0. The molecule has 3 heterocycles. The molecule has 1 aliphatic heterocycles. The lowest BCUT2D eigenvalue weighted by Crippen LogP contribution is -2.30. The van der Waals surface area contributed by atoms with E-state index < -0.39 is 0 Å². The zero-order valence-corrected chi connectivity index (χ0v) is 11.9. The molecule has 6 nitrogen and oxygen atoms in total. The van der Waals surface area contributed by atoms with Gasteiger partial charge in [0.2, 0.25) is 0 Å². The Labute approximate surface area is 120 Å². The van der Waals surface area contributed by atoms with E-state index in [1.807, 2.05) is 11.8 Å². The molecule has 2 aromatic heterocycles. The number of nitrogens with zero attached hydrogens (tertiary/aromatic N) is 4. The van der Waals surface area contributed by atoms with Gasteiger partial charge < -0.3 is 10.6 Å². The third kappa shape index (κ3) is 2.36. The summed E-state index contributed by atoms with van der Waals surface area (Å²) in [5.74, 6) is 1.10. The first-order valence-corrected chi connectivity index (χ1v) is 7.33. The summed E-state index contributed by atoms with van der Waals surface area (Å²) in [7, 11) is 0. The van der Waals surface area contributed by atoms with E-state index in [1.165, 1.54) is 11.3 Å². The minimum absolute atomic E-state index is 0.0184. The smallest absolute Gasteiger partial charge is 0.266 e. The molecule has 0 aliphatic carbocycles. The highest BCUT2D eigenvalue weighted by atomic mass is 32.1. The van der Waals surface area contributed by atoms with E-state index in [2.05, 4.69) is 15.0 Å². The molecule has 0 bridgehead atoms. The van der Waals surface area contributed by atoms with E-state index in [0.29, 0.717) is 16.5 Å². The fraction of sp³-hybridized carbons (Fsp3) is 0.385. The van der Waals surface area contributed by atoms with Gasteiger partial charge >= 0.3 is 0 Å². The molecule has 2 aromatic rings. The fourth-order valence-corrected chi connectivity index (χ4v) is 3.14. The minimum atomic E-state index is -0.0198. The van der Waals surface area contributed by atoms with Crippen molar-refractivity contribution < 1.29 is 4.79 Å². The summed E-state index contributed by atoms with van der Waals surface area (Å²) in [5, 5.41) is 0. The van der Waals surface area contributed by atoms with Crippen LogP contribution in [0.2, 0.25) is 0 Å². The molecule has 0 spiro atoms. The summed E-state index contributed by atoms with van der Waals surface area (Å²) in [5.41, 5.74) is 8.28. The van der Waals surface area contributed by atoms with Gasteiger partial charge in [0.1, 0.15) is 16.5 Å². The summed E-state index contributed by atoms with van der Waals surface area (Å²) in [6.45, 7) is 2.55. The maximum atomic E-state index is 12.5. The molecule has 2 N–H and O–H groups in total. The number of anilines is 1. The van der Waals surface area contributed by atoms with Crippen molar-refractivity contribution >= 4 is 23.1 Å². The molecule has 7 heteroatoms. The largest absolute Gasteiger partial charge is 0.384 e. The Morgan fingerprint density at radius 3 is 3.05 bits per heavy atom. The van der Waals surface area contributed by atoms with Gasteiger partial charge in [-0.1, -0.05) is 0 Å². The standard InChI is InChI=1S/C13H15N5OS/c1-8-16-9(5-12(14)17-8)10-3-2-4-18(10)13(19)11-6-15-7-20-11/h5-7,10H,2-4H2,1H3,(H2,14,16,17)/t10-/m1/s1. The second kappa shape index (κ2) is 5.16. The van der Waals surface area contributed by atoms with Crippen LogP contribution in [0.5, 0.6) is 0 Å². The van der Waals surface area contributed by atoms with Crippen molar-refractivity contribution in [1.82, 2.24) is 19.9 Å². The highest BCUT2D eigenvalue weighted by molar-refractivity contribution is 7.11. The predicted octanol–water partition coefficient (Wildman–Crippen LogP) is 1.80. The van der Waals surface area contributed by atoms with Gasteiger partial charge in [0.15, 0.2) is 0 Å². The van der Waals surface area contributed by atoms with Crippen molar-refractivity contribution in [1.29, 1.82) is 0 Å². The molecule has 3 rings (SSSR count). The minimum Gasteiger partial charge on any atom is -0.384 e. The normalized spacial score (nSPS) is 18.4. The first kappa shape index (κ1) is 13.0. The van der Waals surface area contributed by atoms with Crippen molar-refractivity contribution in [3.63, 3.8) is 0 Å². The first-order chi connectivity index (χ1) is 9.65. The number of aromatic nitrogens is 3. The molecule has 1 amide bonds. The van der Waals surface area contributed by atoms with Crippen LogP contribution >= 0.6 is 11.3 Å². The fourth-order valence-electron chi connectivity index (χ4n) is 2.57.